The molecule has 4 atom stereocenters. The van der Waals surface area contributed by atoms with Crippen molar-refractivity contribution in [3.05, 3.63) is 70.2 Å². The van der Waals surface area contributed by atoms with E-state index in [4.69, 9.17) is 21.1 Å². The van der Waals surface area contributed by atoms with Crippen molar-refractivity contribution in [2.45, 2.75) is 46.6 Å². The van der Waals surface area contributed by atoms with Crippen molar-refractivity contribution in [3.63, 3.8) is 0 Å². The minimum absolute atomic E-state index is 0.0296. The van der Waals surface area contributed by atoms with Crippen LogP contribution in [0, 0.1) is 17.8 Å². The van der Waals surface area contributed by atoms with Gasteiger partial charge in [-0.05, 0) is 44.9 Å². The number of ketones is 2. The zero-order valence-corrected chi connectivity index (χ0v) is 19.2. The lowest BCUT2D eigenvalue weighted by Crippen LogP contribution is -2.47. The van der Waals surface area contributed by atoms with Crippen molar-refractivity contribution >= 4 is 29.1 Å². The van der Waals surface area contributed by atoms with Gasteiger partial charge in [0, 0.05) is 11.1 Å². The summed E-state index contributed by atoms with van der Waals surface area (Å²) < 4.78 is 11.2. The Kier molecular flexibility index (Phi) is 6.56. The van der Waals surface area contributed by atoms with Gasteiger partial charge in [0.2, 0.25) is 5.78 Å². The number of hydrogen-bond donors (Lipinski definition) is 0. The summed E-state index contributed by atoms with van der Waals surface area (Å²) in [6.45, 7) is 9.48. The largest absolute Gasteiger partial charge is 0.465 e. The minimum Gasteiger partial charge on any atom is -0.465 e. The van der Waals surface area contributed by atoms with Crippen molar-refractivity contribution < 1.29 is 23.9 Å². The summed E-state index contributed by atoms with van der Waals surface area (Å²) in [5.74, 6) is -2.59. The summed E-state index contributed by atoms with van der Waals surface area (Å²) in [4.78, 5) is 38.2. The summed E-state index contributed by atoms with van der Waals surface area (Å²) in [6, 6.07) is 0. The van der Waals surface area contributed by atoms with E-state index in [1.165, 1.54) is 19.3 Å². The van der Waals surface area contributed by atoms with Gasteiger partial charge in [0.15, 0.2) is 11.4 Å². The number of hydrogen-bond acceptors (Lipinski definition) is 5. The molecule has 0 spiro atoms. The summed E-state index contributed by atoms with van der Waals surface area (Å²) in [5, 5.41) is -0.0296. The van der Waals surface area contributed by atoms with Gasteiger partial charge in [-0.2, -0.15) is 0 Å². The molecule has 2 heterocycles. The average Bonchev–Trinajstić information content (AvgIpc) is 3.01. The van der Waals surface area contributed by atoms with Gasteiger partial charge in [-0.3, -0.25) is 14.4 Å². The van der Waals surface area contributed by atoms with E-state index in [2.05, 4.69) is 19.9 Å². The highest BCUT2D eigenvalue weighted by molar-refractivity contribution is 6.45. The summed E-state index contributed by atoms with van der Waals surface area (Å²) in [7, 11) is 0. The molecular weight excluding hydrogens is 416 g/mol. The molecule has 6 heteroatoms. The summed E-state index contributed by atoms with van der Waals surface area (Å²) in [5.41, 5.74) is 0.531. The molecule has 31 heavy (non-hydrogen) atoms. The van der Waals surface area contributed by atoms with Crippen LogP contribution in [0.3, 0.4) is 0 Å². The molecule has 4 unspecified atom stereocenters. The zero-order valence-electron chi connectivity index (χ0n) is 18.4. The quantitative estimate of drug-likeness (QED) is 0.247. The van der Waals surface area contributed by atoms with Crippen molar-refractivity contribution in [2.24, 2.45) is 17.8 Å². The molecule has 5 nitrogen and oxygen atoms in total. The fourth-order valence-corrected chi connectivity index (χ4v) is 4.50. The first-order valence-electron chi connectivity index (χ1n) is 10.4. The number of Topliss-reactive ketones (excluding diaryl/α,β-unsaturated/α-hetero) is 1. The molecule has 2 aliphatic heterocycles. The van der Waals surface area contributed by atoms with Crippen LogP contribution in [0.25, 0.3) is 0 Å². The van der Waals surface area contributed by atoms with E-state index in [-0.39, 0.29) is 5.03 Å². The highest BCUT2D eigenvalue weighted by Crippen LogP contribution is 2.52. The molecule has 0 aromatic rings. The zero-order chi connectivity index (χ0) is 22.9. The highest BCUT2D eigenvalue weighted by Gasteiger charge is 2.63. The maximum atomic E-state index is 13.1. The number of allylic oxidation sites excluding steroid dienone is 8. The summed E-state index contributed by atoms with van der Waals surface area (Å²) in [6.07, 6.45) is 13.0. The first-order chi connectivity index (χ1) is 14.6. The molecule has 0 aromatic heterocycles. The minimum atomic E-state index is -1.54. The predicted molar refractivity (Wildman–Crippen MR) is 119 cm³/mol. The first-order valence-corrected chi connectivity index (χ1v) is 10.8. The van der Waals surface area contributed by atoms with Crippen LogP contribution in [-0.4, -0.2) is 23.1 Å². The van der Waals surface area contributed by atoms with Gasteiger partial charge in [0.25, 0.3) is 0 Å². The topological polar surface area (TPSA) is 69.7 Å². The smallest absolute Gasteiger partial charge is 0.318 e. The molecule has 0 aromatic carbocycles. The van der Waals surface area contributed by atoms with Crippen LogP contribution >= 0.6 is 11.6 Å². The second kappa shape index (κ2) is 8.83. The van der Waals surface area contributed by atoms with Gasteiger partial charge in [-0.1, -0.05) is 55.7 Å². The lowest BCUT2D eigenvalue weighted by Gasteiger charge is -2.36. The van der Waals surface area contributed by atoms with E-state index in [0.29, 0.717) is 22.8 Å². The third-order valence-corrected chi connectivity index (χ3v) is 6.35. The Morgan fingerprint density at radius 3 is 2.68 bits per heavy atom. The number of ether oxygens (including phenoxy) is 2. The van der Waals surface area contributed by atoms with Crippen LogP contribution in [0.2, 0.25) is 0 Å². The molecule has 1 aliphatic carbocycles. The monoisotopic (exact) mass is 442 g/mol. The Hall–Kier alpha value is -2.66. The number of carbonyl (C=O) groups excluding carboxylic acids is 3. The SMILES string of the molecule is CC=CC(=O)C1C(=O)OC2(C)C(=O)C(Cl)=C3C=C(C=CC(C)=CC(C)CC)OC=C3C12. The van der Waals surface area contributed by atoms with Crippen LogP contribution in [0.5, 0.6) is 0 Å². The Morgan fingerprint density at radius 1 is 1.32 bits per heavy atom. The van der Waals surface area contributed by atoms with Gasteiger partial charge in [0.1, 0.15) is 11.7 Å². The molecule has 0 saturated carbocycles. The van der Waals surface area contributed by atoms with Gasteiger partial charge in [-0.25, -0.2) is 0 Å². The maximum Gasteiger partial charge on any atom is 0.318 e. The highest BCUT2D eigenvalue weighted by atomic mass is 35.5. The molecule has 0 bridgehead atoms. The second-order valence-corrected chi connectivity index (χ2v) is 8.69. The normalized spacial score (nSPS) is 29.4. The molecular formula is C25H27ClO5. The van der Waals surface area contributed by atoms with Gasteiger partial charge in [0.05, 0.1) is 17.2 Å². The molecule has 1 fully saturated rings. The number of carbonyl (C=O) groups is 3. The van der Waals surface area contributed by atoms with E-state index in [0.717, 1.165) is 12.0 Å². The van der Waals surface area contributed by atoms with Crippen LogP contribution < -0.4 is 0 Å². The van der Waals surface area contributed by atoms with E-state index in [9.17, 15) is 14.4 Å². The third kappa shape index (κ3) is 4.11. The fraction of sp³-hybridized carbons (Fsp3) is 0.400. The van der Waals surface area contributed by atoms with Crippen LogP contribution in [0.15, 0.2) is 70.2 Å². The van der Waals surface area contributed by atoms with E-state index in [1.807, 2.05) is 13.0 Å². The van der Waals surface area contributed by atoms with Gasteiger partial charge >= 0.3 is 5.97 Å². The number of halogens is 1. The van der Waals surface area contributed by atoms with Crippen LogP contribution in [0.4, 0.5) is 0 Å². The number of rotatable bonds is 6. The molecule has 0 N–H and O–H groups in total. The van der Waals surface area contributed by atoms with Crippen molar-refractivity contribution in [1.29, 1.82) is 0 Å². The predicted octanol–water partition coefficient (Wildman–Crippen LogP) is 5.10. The van der Waals surface area contributed by atoms with Crippen molar-refractivity contribution in [2.75, 3.05) is 0 Å². The molecule has 0 radical (unpaired) electrons. The van der Waals surface area contributed by atoms with Crippen molar-refractivity contribution in [3.8, 4) is 0 Å². The van der Waals surface area contributed by atoms with Gasteiger partial charge in [-0.15, -0.1) is 0 Å². The van der Waals surface area contributed by atoms with Crippen LogP contribution in [0.1, 0.15) is 41.0 Å². The van der Waals surface area contributed by atoms with Crippen molar-refractivity contribution in [1.82, 2.24) is 0 Å². The molecule has 3 rings (SSSR count). The Labute approximate surface area is 187 Å². The Bertz CT molecular complexity index is 1010. The standard InChI is InChI=1S/C25H27ClO5/c1-6-8-19(27)20-21-18-13-30-16(10-9-15(4)11-14(3)7-2)12-17(18)22(26)23(28)25(21,5)31-24(20)29/h6,8-14,20-21H,7H2,1-5H3. The maximum absolute atomic E-state index is 13.1. The lowest BCUT2D eigenvalue weighted by molar-refractivity contribution is -0.156. The Morgan fingerprint density at radius 2 is 2.03 bits per heavy atom. The van der Waals surface area contributed by atoms with Crippen LogP contribution in [-0.2, 0) is 23.9 Å². The molecule has 164 valence electrons. The van der Waals surface area contributed by atoms with E-state index in [1.54, 1.807) is 25.2 Å². The lowest BCUT2D eigenvalue weighted by atomic mass is 9.67. The number of esters is 1. The number of fused-ring (bicyclic) bond motifs is 3. The first kappa shape index (κ1) is 23.0. The molecule has 0 amide bonds. The van der Waals surface area contributed by atoms with E-state index >= 15 is 0 Å². The van der Waals surface area contributed by atoms with Gasteiger partial charge < -0.3 is 9.47 Å². The average molecular weight is 443 g/mol. The summed E-state index contributed by atoms with van der Waals surface area (Å²) >= 11 is 6.41. The third-order valence-electron chi connectivity index (χ3n) is 5.97. The Balaban J connectivity index is 1.99. The molecule has 3 aliphatic rings. The second-order valence-electron chi connectivity index (χ2n) is 8.31. The van der Waals surface area contributed by atoms with E-state index < -0.39 is 35.0 Å². The fourth-order valence-electron chi connectivity index (χ4n) is 4.15. The molecule has 1 saturated heterocycles.